The van der Waals surface area contributed by atoms with Gasteiger partial charge in [-0.1, -0.05) is 0 Å². The fourth-order valence-electron chi connectivity index (χ4n) is 4.38. The van der Waals surface area contributed by atoms with Crippen LogP contribution in [0.3, 0.4) is 0 Å². The van der Waals surface area contributed by atoms with Crippen molar-refractivity contribution in [2.45, 2.75) is 31.8 Å². The second-order valence-corrected chi connectivity index (χ2v) is 7.29. The molecule has 4 heterocycles. The SMILES string of the molecule is COc1ccc(-c2ccc(NC3C4CCN(CC4)C3C)cn2)cc1OC. The van der Waals surface area contributed by atoms with E-state index in [4.69, 9.17) is 9.47 Å². The Labute approximate surface area is 155 Å². The molecule has 0 aliphatic carbocycles. The smallest absolute Gasteiger partial charge is 0.161 e. The summed E-state index contributed by atoms with van der Waals surface area (Å²) in [5.74, 6) is 2.22. The first-order valence-electron chi connectivity index (χ1n) is 9.38. The third-order valence-corrected chi connectivity index (χ3v) is 5.95. The van der Waals surface area contributed by atoms with Crippen LogP contribution in [0.2, 0.25) is 0 Å². The molecule has 2 aromatic rings. The third kappa shape index (κ3) is 3.12. The predicted octanol–water partition coefficient (Wildman–Crippen LogP) is 3.66. The number of aromatic nitrogens is 1. The first-order chi connectivity index (χ1) is 12.7. The number of methoxy groups -OCH3 is 2. The van der Waals surface area contributed by atoms with Crippen LogP contribution in [0.15, 0.2) is 36.5 Å². The van der Waals surface area contributed by atoms with Gasteiger partial charge in [0.25, 0.3) is 0 Å². The molecule has 0 amide bonds. The summed E-state index contributed by atoms with van der Waals surface area (Å²) in [6.45, 7) is 4.84. The molecule has 1 aromatic heterocycles. The quantitative estimate of drug-likeness (QED) is 0.889. The number of nitrogens with one attached hydrogen (secondary N) is 1. The molecule has 0 saturated carbocycles. The summed E-state index contributed by atoms with van der Waals surface area (Å²) < 4.78 is 10.7. The van der Waals surface area contributed by atoms with Gasteiger partial charge < -0.3 is 14.8 Å². The first-order valence-corrected chi connectivity index (χ1v) is 9.38. The molecule has 5 heteroatoms. The first kappa shape index (κ1) is 17.2. The molecule has 2 unspecified atom stereocenters. The second kappa shape index (κ2) is 7.16. The van der Waals surface area contributed by atoms with Crippen LogP contribution in [0.5, 0.6) is 11.5 Å². The molecule has 0 spiro atoms. The van der Waals surface area contributed by atoms with E-state index in [0.29, 0.717) is 12.1 Å². The van der Waals surface area contributed by atoms with Crippen molar-refractivity contribution in [1.29, 1.82) is 0 Å². The van der Waals surface area contributed by atoms with Crippen LogP contribution < -0.4 is 14.8 Å². The molecule has 1 N–H and O–H groups in total. The largest absolute Gasteiger partial charge is 0.493 e. The molecule has 2 bridgehead atoms. The van der Waals surface area contributed by atoms with Crippen molar-refractivity contribution in [2.75, 3.05) is 32.6 Å². The molecule has 0 radical (unpaired) electrons. The van der Waals surface area contributed by atoms with Gasteiger partial charge in [0.1, 0.15) is 0 Å². The highest BCUT2D eigenvalue weighted by molar-refractivity contribution is 5.65. The highest BCUT2D eigenvalue weighted by Gasteiger charge is 2.39. The van der Waals surface area contributed by atoms with Crippen LogP contribution in [0, 0.1) is 5.92 Å². The van der Waals surface area contributed by atoms with Crippen LogP contribution in [-0.4, -0.2) is 49.3 Å². The molecule has 3 aliphatic heterocycles. The van der Waals surface area contributed by atoms with E-state index < -0.39 is 0 Å². The number of nitrogens with zero attached hydrogens (tertiary/aromatic N) is 2. The highest BCUT2D eigenvalue weighted by Crippen LogP contribution is 2.35. The lowest BCUT2D eigenvalue weighted by atomic mass is 9.79. The van der Waals surface area contributed by atoms with Crippen LogP contribution in [0.25, 0.3) is 11.3 Å². The van der Waals surface area contributed by atoms with E-state index in [1.165, 1.54) is 25.9 Å². The van der Waals surface area contributed by atoms with Crippen LogP contribution in [0.4, 0.5) is 5.69 Å². The normalized spacial score (nSPS) is 27.2. The lowest BCUT2D eigenvalue weighted by Gasteiger charge is -2.50. The predicted molar refractivity (Wildman–Crippen MR) is 104 cm³/mol. The van der Waals surface area contributed by atoms with E-state index in [0.717, 1.165) is 34.4 Å². The van der Waals surface area contributed by atoms with E-state index in [1.807, 2.05) is 24.4 Å². The number of hydrogen-bond acceptors (Lipinski definition) is 5. The Balaban J connectivity index is 1.50. The maximum Gasteiger partial charge on any atom is 0.161 e. The topological polar surface area (TPSA) is 46.6 Å². The van der Waals surface area contributed by atoms with Gasteiger partial charge in [0.15, 0.2) is 11.5 Å². The molecule has 3 fully saturated rings. The second-order valence-electron chi connectivity index (χ2n) is 7.29. The van der Waals surface area contributed by atoms with Crippen LogP contribution >= 0.6 is 0 Å². The molecule has 2 atom stereocenters. The number of hydrogen-bond donors (Lipinski definition) is 1. The number of pyridine rings is 1. The van der Waals surface area contributed by atoms with E-state index in [1.54, 1.807) is 14.2 Å². The number of rotatable bonds is 5. The Kier molecular flexibility index (Phi) is 4.72. The fraction of sp³-hybridized carbons (Fsp3) is 0.476. The molecule has 5 rings (SSSR count). The van der Waals surface area contributed by atoms with Crippen LogP contribution in [0.1, 0.15) is 19.8 Å². The van der Waals surface area contributed by atoms with Gasteiger partial charge in [0.2, 0.25) is 0 Å². The van der Waals surface area contributed by atoms with Crippen molar-refractivity contribution in [3.8, 4) is 22.8 Å². The maximum absolute atomic E-state index is 5.39. The standard InChI is InChI=1S/C21H27N3O2/c1-14-21(15-8-10-24(14)11-9-15)23-17-5-6-18(22-13-17)16-4-7-19(25-2)20(12-16)26-3/h4-7,12-15,21,23H,8-11H2,1-3H3. The monoisotopic (exact) mass is 353 g/mol. The number of piperidine rings is 3. The molecule has 3 saturated heterocycles. The van der Waals surface area contributed by atoms with Crippen molar-refractivity contribution < 1.29 is 9.47 Å². The zero-order valence-electron chi connectivity index (χ0n) is 15.7. The zero-order chi connectivity index (χ0) is 18.1. The van der Waals surface area contributed by atoms with Crippen LogP contribution in [-0.2, 0) is 0 Å². The lowest BCUT2D eigenvalue weighted by molar-refractivity contribution is 0.0458. The number of fused-ring (bicyclic) bond motifs is 3. The molecule has 3 aliphatic rings. The van der Waals surface area contributed by atoms with Gasteiger partial charge in [-0.2, -0.15) is 0 Å². The molecule has 26 heavy (non-hydrogen) atoms. The molecular weight excluding hydrogens is 326 g/mol. The zero-order valence-corrected chi connectivity index (χ0v) is 15.7. The Morgan fingerprint density at radius 3 is 2.42 bits per heavy atom. The minimum Gasteiger partial charge on any atom is -0.493 e. The third-order valence-electron chi connectivity index (χ3n) is 5.95. The van der Waals surface area contributed by atoms with E-state index in [-0.39, 0.29) is 0 Å². The number of ether oxygens (including phenoxy) is 2. The fourth-order valence-corrected chi connectivity index (χ4v) is 4.38. The van der Waals surface area contributed by atoms with Crippen molar-refractivity contribution in [2.24, 2.45) is 5.92 Å². The molecule has 138 valence electrons. The van der Waals surface area contributed by atoms with Gasteiger partial charge in [-0.3, -0.25) is 9.88 Å². The highest BCUT2D eigenvalue weighted by atomic mass is 16.5. The Bertz CT molecular complexity index is 752. The van der Waals surface area contributed by atoms with Crippen molar-refractivity contribution in [1.82, 2.24) is 9.88 Å². The van der Waals surface area contributed by atoms with Gasteiger partial charge in [-0.05, 0) is 69.1 Å². The number of benzene rings is 1. The maximum atomic E-state index is 5.39. The van der Waals surface area contributed by atoms with Crippen molar-refractivity contribution >= 4 is 5.69 Å². The van der Waals surface area contributed by atoms with E-state index in [2.05, 4.69) is 34.3 Å². The van der Waals surface area contributed by atoms with Gasteiger partial charge in [0.05, 0.1) is 31.8 Å². The van der Waals surface area contributed by atoms with E-state index in [9.17, 15) is 0 Å². The summed E-state index contributed by atoms with van der Waals surface area (Å²) in [6.07, 6.45) is 4.55. The van der Waals surface area contributed by atoms with E-state index >= 15 is 0 Å². The summed E-state index contributed by atoms with van der Waals surface area (Å²) in [5.41, 5.74) is 3.05. The Morgan fingerprint density at radius 2 is 1.81 bits per heavy atom. The minimum atomic E-state index is 0.520. The van der Waals surface area contributed by atoms with Gasteiger partial charge in [-0.15, -0.1) is 0 Å². The summed E-state index contributed by atoms with van der Waals surface area (Å²) in [4.78, 5) is 7.26. The number of anilines is 1. The summed E-state index contributed by atoms with van der Waals surface area (Å²) in [5, 5.41) is 3.73. The van der Waals surface area contributed by atoms with Gasteiger partial charge in [0, 0.05) is 17.6 Å². The summed E-state index contributed by atoms with van der Waals surface area (Å²) >= 11 is 0. The molecule has 1 aromatic carbocycles. The minimum absolute atomic E-state index is 0.520. The van der Waals surface area contributed by atoms with Gasteiger partial charge >= 0.3 is 0 Å². The molecule has 5 nitrogen and oxygen atoms in total. The Morgan fingerprint density at radius 1 is 1.04 bits per heavy atom. The average Bonchev–Trinajstić information content (AvgIpc) is 2.71. The van der Waals surface area contributed by atoms with Crippen molar-refractivity contribution in [3.63, 3.8) is 0 Å². The van der Waals surface area contributed by atoms with Crippen molar-refractivity contribution in [3.05, 3.63) is 36.5 Å². The van der Waals surface area contributed by atoms with Gasteiger partial charge in [-0.25, -0.2) is 0 Å². The average molecular weight is 353 g/mol. The summed E-state index contributed by atoms with van der Waals surface area (Å²) in [7, 11) is 3.29. The Hall–Kier alpha value is -2.27. The molecular formula is C21H27N3O2. The lowest BCUT2D eigenvalue weighted by Crippen LogP contribution is -2.59. The summed E-state index contributed by atoms with van der Waals surface area (Å²) in [6, 6.07) is 11.2.